The molecule has 0 unspecified atom stereocenters. The van der Waals surface area contributed by atoms with Crippen LogP contribution in [0.15, 0.2) is 59.7 Å². The third-order valence-electron chi connectivity index (χ3n) is 7.15. The van der Waals surface area contributed by atoms with E-state index in [4.69, 9.17) is 25.8 Å². The predicted octanol–water partition coefficient (Wildman–Crippen LogP) is 4.66. The van der Waals surface area contributed by atoms with Crippen LogP contribution in [-0.4, -0.2) is 54.0 Å². The number of likely N-dealkylation sites (tertiary alicyclic amines) is 1. The van der Waals surface area contributed by atoms with Crippen LogP contribution in [0.25, 0.3) is 11.8 Å². The Labute approximate surface area is 222 Å². The van der Waals surface area contributed by atoms with E-state index in [2.05, 4.69) is 34.2 Å². The van der Waals surface area contributed by atoms with E-state index in [1.165, 1.54) is 22.8 Å². The molecule has 194 valence electrons. The molecule has 1 aromatic carbocycles. The highest BCUT2D eigenvalue weighted by Gasteiger charge is 2.29. The second-order valence-corrected chi connectivity index (χ2v) is 10.0. The number of methoxy groups -OCH3 is 2. The molecule has 1 aliphatic carbocycles. The molecule has 0 spiro atoms. The van der Waals surface area contributed by atoms with Crippen LogP contribution in [0.2, 0.25) is 5.02 Å². The van der Waals surface area contributed by atoms with Crippen molar-refractivity contribution in [2.24, 2.45) is 0 Å². The SMILES string of the molecule is CO[C@H]1CCN(Cc2ccc3c(c2)CCC(n2ccc(OCc4ccc(Cl)cn4)cc2=O)=C3)C[C@H]1OC. The van der Waals surface area contributed by atoms with Crippen molar-refractivity contribution in [3.63, 3.8) is 0 Å². The van der Waals surface area contributed by atoms with E-state index in [9.17, 15) is 4.79 Å². The number of pyridine rings is 2. The quantitative estimate of drug-likeness (QED) is 0.430. The van der Waals surface area contributed by atoms with Gasteiger partial charge < -0.3 is 14.2 Å². The van der Waals surface area contributed by atoms with Gasteiger partial charge in [-0.1, -0.05) is 29.8 Å². The third-order valence-corrected chi connectivity index (χ3v) is 7.37. The van der Waals surface area contributed by atoms with Crippen molar-refractivity contribution in [1.82, 2.24) is 14.5 Å². The van der Waals surface area contributed by atoms with Gasteiger partial charge in [-0.25, -0.2) is 0 Å². The minimum atomic E-state index is -0.111. The van der Waals surface area contributed by atoms with Crippen LogP contribution in [0.1, 0.15) is 35.2 Å². The van der Waals surface area contributed by atoms with Crippen molar-refractivity contribution in [2.75, 3.05) is 27.3 Å². The lowest BCUT2D eigenvalue weighted by Gasteiger charge is -2.37. The second kappa shape index (κ2) is 11.6. The summed E-state index contributed by atoms with van der Waals surface area (Å²) < 4.78 is 18.7. The van der Waals surface area contributed by atoms with Gasteiger partial charge in [0.25, 0.3) is 5.56 Å². The number of benzene rings is 1. The number of rotatable bonds is 8. The van der Waals surface area contributed by atoms with E-state index in [-0.39, 0.29) is 24.4 Å². The molecule has 3 heterocycles. The molecule has 3 aromatic rings. The van der Waals surface area contributed by atoms with E-state index in [1.807, 2.05) is 6.07 Å². The summed E-state index contributed by atoms with van der Waals surface area (Å²) in [7, 11) is 3.52. The summed E-state index contributed by atoms with van der Waals surface area (Å²) in [6, 6.07) is 13.6. The highest BCUT2D eigenvalue weighted by atomic mass is 35.5. The molecule has 2 atom stereocenters. The molecule has 0 saturated carbocycles. The van der Waals surface area contributed by atoms with Crippen LogP contribution in [0.3, 0.4) is 0 Å². The Morgan fingerprint density at radius 1 is 1.05 bits per heavy atom. The molecule has 2 aliphatic rings. The number of nitrogens with zero attached hydrogens (tertiary/aromatic N) is 3. The summed E-state index contributed by atoms with van der Waals surface area (Å²) in [4.78, 5) is 19.5. The number of piperidine rings is 1. The Morgan fingerprint density at radius 3 is 2.68 bits per heavy atom. The Bertz CT molecular complexity index is 1320. The van der Waals surface area contributed by atoms with Gasteiger partial charge in [0.1, 0.15) is 12.4 Å². The van der Waals surface area contributed by atoms with Crippen molar-refractivity contribution in [3.8, 4) is 5.75 Å². The average molecular weight is 522 g/mol. The number of hydrogen-bond acceptors (Lipinski definition) is 6. The van der Waals surface area contributed by atoms with Crippen LogP contribution in [0.4, 0.5) is 0 Å². The lowest BCUT2D eigenvalue weighted by Crippen LogP contribution is -2.47. The Balaban J connectivity index is 1.24. The molecular formula is C29H32ClN3O4. The predicted molar refractivity (Wildman–Crippen MR) is 145 cm³/mol. The second-order valence-electron chi connectivity index (χ2n) is 9.57. The van der Waals surface area contributed by atoms with E-state index < -0.39 is 0 Å². The van der Waals surface area contributed by atoms with E-state index in [1.54, 1.807) is 43.3 Å². The number of ether oxygens (including phenoxy) is 3. The molecule has 1 fully saturated rings. The van der Waals surface area contributed by atoms with E-state index in [0.29, 0.717) is 10.8 Å². The van der Waals surface area contributed by atoms with Gasteiger partial charge in [-0.3, -0.25) is 19.2 Å². The fraction of sp³-hybridized carbons (Fsp3) is 0.379. The Morgan fingerprint density at radius 2 is 1.92 bits per heavy atom. The van der Waals surface area contributed by atoms with Gasteiger partial charge in [0.05, 0.1) is 22.9 Å². The monoisotopic (exact) mass is 521 g/mol. The first-order valence-electron chi connectivity index (χ1n) is 12.6. The molecule has 8 heteroatoms. The molecule has 0 N–H and O–H groups in total. The maximum Gasteiger partial charge on any atom is 0.258 e. The molecule has 1 aliphatic heterocycles. The van der Waals surface area contributed by atoms with Gasteiger partial charge in [0.2, 0.25) is 0 Å². The molecule has 7 nitrogen and oxygen atoms in total. The van der Waals surface area contributed by atoms with Crippen molar-refractivity contribution in [3.05, 3.63) is 92.6 Å². The van der Waals surface area contributed by atoms with Crippen LogP contribution < -0.4 is 10.3 Å². The lowest BCUT2D eigenvalue weighted by molar-refractivity contribution is -0.0803. The third kappa shape index (κ3) is 6.13. The van der Waals surface area contributed by atoms with Gasteiger partial charge >= 0.3 is 0 Å². The van der Waals surface area contributed by atoms with Gasteiger partial charge in [-0.2, -0.15) is 0 Å². The molecule has 2 aromatic heterocycles. The average Bonchev–Trinajstić information content (AvgIpc) is 2.92. The zero-order valence-electron chi connectivity index (χ0n) is 21.2. The summed E-state index contributed by atoms with van der Waals surface area (Å²) in [5.41, 5.74) is 5.41. The summed E-state index contributed by atoms with van der Waals surface area (Å²) >= 11 is 5.88. The Kier molecular flexibility index (Phi) is 8.05. The van der Waals surface area contributed by atoms with Crippen molar-refractivity contribution >= 4 is 23.4 Å². The molecular weight excluding hydrogens is 490 g/mol. The summed E-state index contributed by atoms with van der Waals surface area (Å²) in [5.74, 6) is 0.518. The minimum absolute atomic E-state index is 0.103. The zero-order valence-corrected chi connectivity index (χ0v) is 22.0. The normalized spacial score (nSPS) is 19.8. The van der Waals surface area contributed by atoms with Crippen molar-refractivity contribution < 1.29 is 14.2 Å². The largest absolute Gasteiger partial charge is 0.487 e. The first-order chi connectivity index (χ1) is 18.0. The van der Waals surface area contributed by atoms with Gasteiger partial charge in [0, 0.05) is 58.0 Å². The summed E-state index contributed by atoms with van der Waals surface area (Å²) in [6.45, 7) is 3.04. The lowest BCUT2D eigenvalue weighted by atomic mass is 9.93. The molecule has 0 radical (unpaired) electrons. The molecule has 37 heavy (non-hydrogen) atoms. The molecule has 1 saturated heterocycles. The van der Waals surface area contributed by atoms with Crippen LogP contribution in [0, 0.1) is 0 Å². The number of halogens is 1. The van der Waals surface area contributed by atoms with Crippen LogP contribution in [-0.2, 0) is 29.0 Å². The highest BCUT2D eigenvalue weighted by molar-refractivity contribution is 6.30. The van der Waals surface area contributed by atoms with Gasteiger partial charge in [-0.05, 0) is 60.2 Å². The number of aromatic nitrogens is 2. The standard InChI is InChI=1S/C29H32ClN3O4/c1-35-27-10-11-32(18-28(27)36-2)17-20-3-4-22-14-25(8-5-21(22)13-20)33-12-9-26(15-29(33)34)37-19-24-7-6-23(30)16-31-24/h3-4,6-7,9,12-16,27-28H,5,8,10-11,17-19H2,1-2H3/t27-,28+/m0/s1. The Hall–Kier alpha value is -2.97. The zero-order chi connectivity index (χ0) is 25.8. The van der Waals surface area contributed by atoms with E-state index in [0.717, 1.165) is 50.3 Å². The molecule has 5 rings (SSSR count). The van der Waals surface area contributed by atoms with E-state index >= 15 is 0 Å². The van der Waals surface area contributed by atoms with Gasteiger partial charge in [-0.15, -0.1) is 0 Å². The number of allylic oxidation sites excluding steroid dienone is 1. The van der Waals surface area contributed by atoms with Crippen molar-refractivity contribution in [1.29, 1.82) is 0 Å². The van der Waals surface area contributed by atoms with Crippen molar-refractivity contribution in [2.45, 2.75) is 44.6 Å². The first-order valence-corrected chi connectivity index (χ1v) is 13.0. The fourth-order valence-corrected chi connectivity index (χ4v) is 5.22. The smallest absolute Gasteiger partial charge is 0.258 e. The minimum Gasteiger partial charge on any atom is -0.487 e. The summed E-state index contributed by atoms with van der Waals surface area (Å²) in [5, 5.41) is 0.577. The summed E-state index contributed by atoms with van der Waals surface area (Å²) in [6.07, 6.45) is 8.42. The highest BCUT2D eigenvalue weighted by Crippen LogP contribution is 2.28. The number of hydrogen-bond donors (Lipinski definition) is 0. The number of fused-ring (bicyclic) bond motifs is 1. The first kappa shape index (κ1) is 25.7. The van der Waals surface area contributed by atoms with Crippen LogP contribution in [0.5, 0.6) is 5.75 Å². The maximum atomic E-state index is 12.9. The van der Waals surface area contributed by atoms with Gasteiger partial charge in [0.15, 0.2) is 0 Å². The maximum absolute atomic E-state index is 12.9. The molecule has 0 amide bonds. The number of aryl methyl sites for hydroxylation is 1. The molecule has 0 bridgehead atoms. The topological polar surface area (TPSA) is 65.8 Å². The van der Waals surface area contributed by atoms with Crippen LogP contribution >= 0.6 is 11.6 Å². The fourth-order valence-electron chi connectivity index (χ4n) is 5.11.